The van der Waals surface area contributed by atoms with E-state index >= 15 is 0 Å². The zero-order valence-electron chi connectivity index (χ0n) is 9.34. The topological polar surface area (TPSA) is 32.3 Å². The van der Waals surface area contributed by atoms with Crippen LogP contribution in [0.25, 0.3) is 0 Å². The van der Waals surface area contributed by atoms with Crippen LogP contribution < -0.4 is 5.32 Å². The summed E-state index contributed by atoms with van der Waals surface area (Å²) < 4.78 is 0. The Morgan fingerprint density at radius 2 is 1.88 bits per heavy atom. The van der Waals surface area contributed by atoms with Crippen LogP contribution in [0.2, 0.25) is 10.0 Å². The number of nitrogens with one attached hydrogen (secondary N) is 1. The molecule has 0 aromatic heterocycles. The molecule has 0 saturated carbocycles. The van der Waals surface area contributed by atoms with Gasteiger partial charge in [0, 0.05) is 23.1 Å². The van der Waals surface area contributed by atoms with Gasteiger partial charge in [-0.1, -0.05) is 36.5 Å². The maximum Gasteiger partial charge on any atom is 0.0664 e. The number of hydrogen-bond acceptors (Lipinski definition) is 2. The van der Waals surface area contributed by atoms with Crippen LogP contribution in [0, 0.1) is 0 Å². The first kappa shape index (κ1) is 13.8. The van der Waals surface area contributed by atoms with Crippen molar-refractivity contribution in [2.24, 2.45) is 0 Å². The second-order valence-corrected chi connectivity index (χ2v) is 4.72. The van der Waals surface area contributed by atoms with Gasteiger partial charge in [-0.15, -0.1) is 0 Å². The number of halogens is 2. The third-order valence-corrected chi connectivity index (χ3v) is 2.69. The number of hydrogen-bond donors (Lipinski definition) is 2. The molecule has 4 heteroatoms. The molecule has 0 saturated heterocycles. The smallest absolute Gasteiger partial charge is 0.0664 e. The standard InChI is InChI=1S/C12H17Cl2NO/c1-2-3-12(16)8-15-7-9-4-10(13)6-11(14)5-9/h4-6,12,15-16H,2-3,7-8H2,1H3. The molecule has 0 radical (unpaired) electrons. The minimum Gasteiger partial charge on any atom is -0.392 e. The SMILES string of the molecule is CCCC(O)CNCc1cc(Cl)cc(Cl)c1. The highest BCUT2D eigenvalue weighted by molar-refractivity contribution is 6.34. The fraction of sp³-hybridized carbons (Fsp3) is 0.500. The average molecular weight is 262 g/mol. The Morgan fingerprint density at radius 1 is 1.25 bits per heavy atom. The lowest BCUT2D eigenvalue weighted by Gasteiger charge is -2.10. The van der Waals surface area contributed by atoms with E-state index in [0.29, 0.717) is 23.1 Å². The zero-order valence-corrected chi connectivity index (χ0v) is 10.9. The van der Waals surface area contributed by atoms with Gasteiger partial charge in [0.2, 0.25) is 0 Å². The molecule has 90 valence electrons. The molecule has 2 N–H and O–H groups in total. The van der Waals surface area contributed by atoms with E-state index in [-0.39, 0.29) is 6.10 Å². The van der Waals surface area contributed by atoms with Crippen molar-refractivity contribution in [3.8, 4) is 0 Å². The van der Waals surface area contributed by atoms with Crippen LogP contribution >= 0.6 is 23.2 Å². The normalized spacial score (nSPS) is 12.8. The van der Waals surface area contributed by atoms with E-state index in [2.05, 4.69) is 12.2 Å². The Morgan fingerprint density at radius 3 is 2.44 bits per heavy atom. The first-order valence-corrected chi connectivity index (χ1v) is 6.21. The van der Waals surface area contributed by atoms with Crippen molar-refractivity contribution in [2.45, 2.75) is 32.4 Å². The van der Waals surface area contributed by atoms with Gasteiger partial charge in [-0.2, -0.15) is 0 Å². The van der Waals surface area contributed by atoms with Crippen LogP contribution in [-0.2, 0) is 6.54 Å². The zero-order chi connectivity index (χ0) is 12.0. The minimum absolute atomic E-state index is 0.278. The molecule has 0 heterocycles. The summed E-state index contributed by atoms with van der Waals surface area (Å²) in [6.07, 6.45) is 1.54. The molecule has 1 rings (SSSR count). The summed E-state index contributed by atoms with van der Waals surface area (Å²) in [7, 11) is 0. The molecule has 0 aliphatic rings. The summed E-state index contributed by atoms with van der Waals surface area (Å²) in [5.74, 6) is 0. The summed E-state index contributed by atoms with van der Waals surface area (Å²) in [4.78, 5) is 0. The van der Waals surface area contributed by atoms with Crippen molar-refractivity contribution < 1.29 is 5.11 Å². The fourth-order valence-corrected chi connectivity index (χ4v) is 2.10. The summed E-state index contributed by atoms with van der Waals surface area (Å²) in [6, 6.07) is 5.44. The molecule has 0 fully saturated rings. The number of benzene rings is 1. The molecule has 0 spiro atoms. The van der Waals surface area contributed by atoms with Crippen LogP contribution in [-0.4, -0.2) is 17.8 Å². The van der Waals surface area contributed by atoms with Crippen molar-refractivity contribution >= 4 is 23.2 Å². The maximum atomic E-state index is 9.52. The van der Waals surface area contributed by atoms with Gasteiger partial charge in [-0.3, -0.25) is 0 Å². The van der Waals surface area contributed by atoms with E-state index in [1.807, 2.05) is 12.1 Å². The number of rotatable bonds is 6. The molecule has 1 aromatic rings. The van der Waals surface area contributed by atoms with E-state index in [9.17, 15) is 5.11 Å². The highest BCUT2D eigenvalue weighted by atomic mass is 35.5. The Balaban J connectivity index is 2.37. The van der Waals surface area contributed by atoms with Crippen molar-refractivity contribution in [3.05, 3.63) is 33.8 Å². The Labute approximate surface area is 107 Å². The fourth-order valence-electron chi connectivity index (χ4n) is 1.53. The van der Waals surface area contributed by atoms with E-state index in [0.717, 1.165) is 18.4 Å². The Kier molecular flexibility index (Phi) is 6.14. The third kappa shape index (κ3) is 5.17. The van der Waals surface area contributed by atoms with E-state index in [1.54, 1.807) is 6.07 Å². The second kappa shape index (κ2) is 7.13. The number of aliphatic hydroxyl groups is 1. The van der Waals surface area contributed by atoms with Crippen molar-refractivity contribution in [1.29, 1.82) is 0 Å². The second-order valence-electron chi connectivity index (χ2n) is 3.85. The van der Waals surface area contributed by atoms with Crippen molar-refractivity contribution in [1.82, 2.24) is 5.32 Å². The Bertz CT molecular complexity index is 311. The van der Waals surface area contributed by atoms with Gasteiger partial charge in [0.25, 0.3) is 0 Å². The predicted molar refractivity (Wildman–Crippen MR) is 69.1 cm³/mol. The van der Waals surface area contributed by atoms with E-state index in [1.165, 1.54) is 0 Å². The summed E-state index contributed by atoms with van der Waals surface area (Å²) >= 11 is 11.8. The van der Waals surface area contributed by atoms with Crippen LogP contribution in [0.3, 0.4) is 0 Å². The van der Waals surface area contributed by atoms with Crippen LogP contribution in [0.5, 0.6) is 0 Å². The predicted octanol–water partition coefficient (Wildman–Crippen LogP) is 3.24. The summed E-state index contributed by atoms with van der Waals surface area (Å²) in [5.41, 5.74) is 1.03. The number of aliphatic hydroxyl groups excluding tert-OH is 1. The van der Waals surface area contributed by atoms with Crippen LogP contribution in [0.1, 0.15) is 25.3 Å². The molecule has 0 aliphatic carbocycles. The lowest BCUT2D eigenvalue weighted by molar-refractivity contribution is 0.160. The maximum absolute atomic E-state index is 9.52. The molecule has 2 nitrogen and oxygen atoms in total. The van der Waals surface area contributed by atoms with E-state index in [4.69, 9.17) is 23.2 Å². The van der Waals surface area contributed by atoms with Crippen LogP contribution in [0.15, 0.2) is 18.2 Å². The van der Waals surface area contributed by atoms with Gasteiger partial charge < -0.3 is 10.4 Å². The average Bonchev–Trinajstić information content (AvgIpc) is 2.16. The highest BCUT2D eigenvalue weighted by Crippen LogP contribution is 2.18. The molecular weight excluding hydrogens is 245 g/mol. The van der Waals surface area contributed by atoms with Gasteiger partial charge in [0.05, 0.1) is 6.10 Å². The van der Waals surface area contributed by atoms with Crippen molar-refractivity contribution in [3.63, 3.8) is 0 Å². The van der Waals surface area contributed by atoms with Gasteiger partial charge in [0.1, 0.15) is 0 Å². The largest absolute Gasteiger partial charge is 0.392 e. The highest BCUT2D eigenvalue weighted by Gasteiger charge is 2.02. The monoisotopic (exact) mass is 261 g/mol. The molecule has 0 bridgehead atoms. The minimum atomic E-state index is -0.278. The van der Waals surface area contributed by atoms with E-state index < -0.39 is 0 Å². The Hall–Kier alpha value is -0.280. The van der Waals surface area contributed by atoms with Crippen molar-refractivity contribution in [2.75, 3.05) is 6.54 Å². The van der Waals surface area contributed by atoms with Gasteiger partial charge in [0.15, 0.2) is 0 Å². The molecule has 1 atom stereocenters. The summed E-state index contributed by atoms with van der Waals surface area (Å²) in [6.45, 7) is 3.32. The molecule has 0 aliphatic heterocycles. The molecule has 0 amide bonds. The molecule has 1 aromatic carbocycles. The first-order valence-electron chi connectivity index (χ1n) is 5.45. The molecule has 1 unspecified atom stereocenters. The van der Waals surface area contributed by atoms with Crippen LogP contribution in [0.4, 0.5) is 0 Å². The quantitative estimate of drug-likeness (QED) is 0.824. The lowest BCUT2D eigenvalue weighted by atomic mass is 10.2. The van der Waals surface area contributed by atoms with Gasteiger partial charge in [-0.25, -0.2) is 0 Å². The van der Waals surface area contributed by atoms with Gasteiger partial charge >= 0.3 is 0 Å². The first-order chi connectivity index (χ1) is 7.61. The summed E-state index contributed by atoms with van der Waals surface area (Å²) in [5, 5.41) is 14.0. The molecular formula is C12H17Cl2NO. The third-order valence-electron chi connectivity index (χ3n) is 2.25. The van der Waals surface area contributed by atoms with Gasteiger partial charge in [-0.05, 0) is 30.2 Å². The molecule has 16 heavy (non-hydrogen) atoms. The lowest BCUT2D eigenvalue weighted by Crippen LogP contribution is -2.26.